The van der Waals surface area contributed by atoms with Gasteiger partial charge in [-0.15, -0.1) is 11.3 Å². The van der Waals surface area contributed by atoms with Crippen LogP contribution in [0.1, 0.15) is 18.2 Å². The second kappa shape index (κ2) is 6.56. The molecule has 0 aliphatic heterocycles. The molecular weight excluding hydrogens is 262 g/mol. The Labute approximate surface area is 97.5 Å². The molecule has 2 N–H and O–H groups in total. The van der Waals surface area contributed by atoms with Gasteiger partial charge >= 0.3 is 0 Å². The van der Waals surface area contributed by atoms with Gasteiger partial charge in [0.15, 0.2) is 0 Å². The van der Waals surface area contributed by atoms with Gasteiger partial charge < -0.3 is 10.4 Å². The molecule has 0 saturated heterocycles. The first kappa shape index (κ1) is 12.2. The highest BCUT2D eigenvalue weighted by Crippen LogP contribution is 2.23. The number of rotatable bonds is 6. The normalized spacial score (nSPS) is 13.1. The monoisotopic (exact) mass is 277 g/mol. The highest BCUT2D eigenvalue weighted by Gasteiger charge is 2.02. The van der Waals surface area contributed by atoms with Crippen LogP contribution < -0.4 is 5.32 Å². The van der Waals surface area contributed by atoms with Gasteiger partial charge in [-0.1, -0.05) is 0 Å². The fraction of sp³-hybridized carbons (Fsp3) is 0.600. The average molecular weight is 278 g/mol. The van der Waals surface area contributed by atoms with Crippen molar-refractivity contribution in [3.63, 3.8) is 0 Å². The number of aryl methyl sites for hydroxylation is 1. The van der Waals surface area contributed by atoms with Crippen LogP contribution in [-0.2, 0) is 6.42 Å². The number of aliphatic hydroxyl groups excluding tert-OH is 1. The fourth-order valence-electron chi connectivity index (χ4n) is 1.26. The second-order valence-corrected chi connectivity index (χ2v) is 5.87. The third-order valence-corrected chi connectivity index (χ3v) is 3.74. The van der Waals surface area contributed by atoms with Crippen molar-refractivity contribution in [2.45, 2.75) is 25.8 Å². The molecular formula is C10H16BrNOS. The molecule has 0 amide bonds. The van der Waals surface area contributed by atoms with Gasteiger partial charge in [0.1, 0.15) is 0 Å². The van der Waals surface area contributed by atoms with Crippen LogP contribution in [0.3, 0.4) is 0 Å². The predicted octanol–water partition coefficient (Wildman–Crippen LogP) is 2.41. The molecule has 1 unspecified atom stereocenters. The number of hydrogen-bond donors (Lipinski definition) is 2. The van der Waals surface area contributed by atoms with E-state index in [4.69, 9.17) is 5.11 Å². The molecule has 0 spiro atoms. The Kier molecular flexibility index (Phi) is 5.70. The summed E-state index contributed by atoms with van der Waals surface area (Å²) in [5, 5.41) is 11.9. The minimum Gasteiger partial charge on any atom is -0.395 e. The SMILES string of the molecule is CC(CCc1ccc(Br)s1)NCCO. The van der Waals surface area contributed by atoms with Crippen molar-refractivity contribution in [2.24, 2.45) is 0 Å². The number of nitrogens with one attached hydrogen (secondary N) is 1. The minimum atomic E-state index is 0.217. The quantitative estimate of drug-likeness (QED) is 0.837. The van der Waals surface area contributed by atoms with Crippen molar-refractivity contribution in [1.29, 1.82) is 0 Å². The Morgan fingerprint density at radius 2 is 2.36 bits per heavy atom. The van der Waals surface area contributed by atoms with Gasteiger partial charge in [0, 0.05) is 17.5 Å². The number of aliphatic hydroxyl groups is 1. The molecule has 2 nitrogen and oxygen atoms in total. The van der Waals surface area contributed by atoms with Gasteiger partial charge in [-0.3, -0.25) is 0 Å². The Morgan fingerprint density at radius 1 is 1.57 bits per heavy atom. The molecule has 1 heterocycles. The van der Waals surface area contributed by atoms with Crippen LogP contribution in [0.25, 0.3) is 0 Å². The van der Waals surface area contributed by atoms with E-state index in [-0.39, 0.29) is 6.61 Å². The van der Waals surface area contributed by atoms with E-state index in [0.717, 1.165) is 12.8 Å². The van der Waals surface area contributed by atoms with E-state index in [9.17, 15) is 0 Å². The third kappa shape index (κ3) is 4.55. The van der Waals surface area contributed by atoms with Crippen LogP contribution in [0.5, 0.6) is 0 Å². The summed E-state index contributed by atoms with van der Waals surface area (Å²) in [6, 6.07) is 4.72. The number of thiophene rings is 1. The van der Waals surface area contributed by atoms with Gasteiger partial charge in [0.05, 0.1) is 10.4 Å². The van der Waals surface area contributed by atoms with Crippen LogP contribution in [-0.4, -0.2) is 24.3 Å². The molecule has 1 atom stereocenters. The lowest BCUT2D eigenvalue weighted by Gasteiger charge is -2.11. The molecule has 0 aromatic carbocycles. The zero-order chi connectivity index (χ0) is 10.4. The largest absolute Gasteiger partial charge is 0.395 e. The first-order valence-corrected chi connectivity index (χ1v) is 6.42. The van der Waals surface area contributed by atoms with Crippen LogP contribution >= 0.6 is 27.3 Å². The molecule has 0 aliphatic carbocycles. The lowest BCUT2D eigenvalue weighted by molar-refractivity contribution is 0.284. The van der Waals surface area contributed by atoms with Crippen molar-refractivity contribution in [3.8, 4) is 0 Å². The van der Waals surface area contributed by atoms with Crippen molar-refractivity contribution < 1.29 is 5.11 Å². The zero-order valence-corrected chi connectivity index (χ0v) is 10.7. The summed E-state index contributed by atoms with van der Waals surface area (Å²) in [6.07, 6.45) is 2.23. The molecule has 0 fully saturated rings. The standard InChI is InChI=1S/C10H16BrNOS/c1-8(12-6-7-13)2-3-9-4-5-10(11)14-9/h4-5,8,12-13H,2-3,6-7H2,1H3. The van der Waals surface area contributed by atoms with Gasteiger partial charge in [-0.05, 0) is 47.8 Å². The maximum atomic E-state index is 8.64. The molecule has 1 aromatic heterocycles. The maximum Gasteiger partial charge on any atom is 0.0701 e. The Balaban J connectivity index is 2.20. The molecule has 0 aliphatic rings. The maximum absolute atomic E-state index is 8.64. The third-order valence-electron chi connectivity index (χ3n) is 2.06. The van der Waals surface area contributed by atoms with E-state index in [1.165, 1.54) is 8.66 Å². The summed E-state index contributed by atoms with van der Waals surface area (Å²) < 4.78 is 1.20. The zero-order valence-electron chi connectivity index (χ0n) is 8.29. The second-order valence-electron chi connectivity index (χ2n) is 3.32. The van der Waals surface area contributed by atoms with E-state index < -0.39 is 0 Å². The van der Waals surface area contributed by atoms with Gasteiger partial charge in [-0.2, -0.15) is 0 Å². The summed E-state index contributed by atoms with van der Waals surface area (Å²) in [5.74, 6) is 0. The van der Waals surface area contributed by atoms with Gasteiger partial charge in [0.25, 0.3) is 0 Å². The lowest BCUT2D eigenvalue weighted by atomic mass is 10.1. The smallest absolute Gasteiger partial charge is 0.0701 e. The summed E-state index contributed by atoms with van der Waals surface area (Å²) >= 11 is 5.24. The number of hydrogen-bond acceptors (Lipinski definition) is 3. The van der Waals surface area contributed by atoms with Crippen molar-refractivity contribution >= 4 is 27.3 Å². The van der Waals surface area contributed by atoms with E-state index in [1.807, 2.05) is 0 Å². The lowest BCUT2D eigenvalue weighted by Crippen LogP contribution is -2.29. The first-order valence-electron chi connectivity index (χ1n) is 4.81. The molecule has 0 bridgehead atoms. The number of halogens is 1. The molecule has 14 heavy (non-hydrogen) atoms. The van der Waals surface area contributed by atoms with Crippen LogP contribution in [0.15, 0.2) is 15.9 Å². The van der Waals surface area contributed by atoms with E-state index in [1.54, 1.807) is 11.3 Å². The minimum absolute atomic E-state index is 0.217. The molecule has 4 heteroatoms. The van der Waals surface area contributed by atoms with Crippen molar-refractivity contribution in [1.82, 2.24) is 5.32 Å². The van der Waals surface area contributed by atoms with Gasteiger partial charge in [-0.25, -0.2) is 0 Å². The summed E-state index contributed by atoms with van der Waals surface area (Å²) in [6.45, 7) is 3.06. The fourth-order valence-corrected chi connectivity index (χ4v) is 2.76. The Bertz CT molecular complexity index is 264. The van der Waals surface area contributed by atoms with E-state index in [2.05, 4.69) is 40.3 Å². The first-order chi connectivity index (χ1) is 6.72. The molecule has 1 aromatic rings. The molecule has 80 valence electrons. The summed E-state index contributed by atoms with van der Waals surface area (Å²) in [7, 11) is 0. The Morgan fingerprint density at radius 3 is 2.93 bits per heavy atom. The van der Waals surface area contributed by atoms with Crippen LogP contribution in [0.2, 0.25) is 0 Å². The highest BCUT2D eigenvalue weighted by molar-refractivity contribution is 9.11. The predicted molar refractivity (Wildman–Crippen MR) is 64.9 cm³/mol. The Hall–Kier alpha value is 0.1000. The molecule has 0 radical (unpaired) electrons. The summed E-state index contributed by atoms with van der Waals surface area (Å²) in [5.41, 5.74) is 0. The highest BCUT2D eigenvalue weighted by atomic mass is 79.9. The van der Waals surface area contributed by atoms with Gasteiger partial charge in [0.2, 0.25) is 0 Å². The van der Waals surface area contributed by atoms with E-state index >= 15 is 0 Å². The molecule has 0 saturated carbocycles. The van der Waals surface area contributed by atoms with Crippen molar-refractivity contribution in [3.05, 3.63) is 20.8 Å². The van der Waals surface area contributed by atoms with E-state index in [0.29, 0.717) is 12.6 Å². The molecule has 1 rings (SSSR count). The topological polar surface area (TPSA) is 32.3 Å². The van der Waals surface area contributed by atoms with Crippen molar-refractivity contribution in [2.75, 3.05) is 13.2 Å². The summed E-state index contributed by atoms with van der Waals surface area (Å²) in [4.78, 5) is 1.41. The van der Waals surface area contributed by atoms with Crippen LogP contribution in [0, 0.1) is 0 Å². The average Bonchev–Trinajstić information content (AvgIpc) is 2.58. The van der Waals surface area contributed by atoms with Crippen LogP contribution in [0.4, 0.5) is 0 Å².